The topological polar surface area (TPSA) is 52.4 Å². The second-order valence-corrected chi connectivity index (χ2v) is 8.06. The van der Waals surface area contributed by atoms with E-state index in [-0.39, 0.29) is 6.10 Å². The lowest BCUT2D eigenvalue weighted by Crippen LogP contribution is -2.32. The van der Waals surface area contributed by atoms with E-state index in [1.807, 2.05) is 0 Å². The lowest BCUT2D eigenvalue weighted by Gasteiger charge is -2.32. The van der Waals surface area contributed by atoms with Crippen molar-refractivity contribution in [1.29, 1.82) is 0 Å². The molecule has 0 spiro atoms. The van der Waals surface area contributed by atoms with Crippen LogP contribution in [0.2, 0.25) is 0 Å². The summed E-state index contributed by atoms with van der Waals surface area (Å²) in [6.07, 6.45) is 9.94. The van der Waals surface area contributed by atoms with Crippen LogP contribution in [-0.2, 0) is 16.0 Å². The fraction of sp³-hybridized carbons (Fsp3) is 0.895. The normalized spacial score (nSPS) is 25.7. The van der Waals surface area contributed by atoms with Crippen molar-refractivity contribution >= 4 is 5.95 Å². The number of aromatic nitrogens is 3. The van der Waals surface area contributed by atoms with Gasteiger partial charge in [0.2, 0.25) is 5.95 Å². The molecule has 3 aliphatic rings. The van der Waals surface area contributed by atoms with Gasteiger partial charge < -0.3 is 14.4 Å². The Balaban J connectivity index is 1.54. The van der Waals surface area contributed by atoms with E-state index in [1.54, 1.807) is 0 Å². The molecular weight excluding hydrogens is 316 g/mol. The Hall–Kier alpha value is -1.14. The number of anilines is 1. The molecule has 0 aromatic carbocycles. The maximum atomic E-state index is 6.03. The summed E-state index contributed by atoms with van der Waals surface area (Å²) in [5, 5.41) is 9.19. The number of nitrogens with zero attached hydrogens (tertiary/aromatic N) is 4. The van der Waals surface area contributed by atoms with E-state index in [1.165, 1.54) is 32.1 Å². The van der Waals surface area contributed by atoms with Crippen molar-refractivity contribution in [2.45, 2.75) is 64.0 Å². The van der Waals surface area contributed by atoms with Gasteiger partial charge in [0, 0.05) is 40.0 Å². The van der Waals surface area contributed by atoms with E-state index < -0.39 is 0 Å². The fourth-order valence-corrected chi connectivity index (χ4v) is 4.28. The third-order valence-corrected chi connectivity index (χ3v) is 6.11. The van der Waals surface area contributed by atoms with Crippen molar-refractivity contribution in [3.05, 3.63) is 5.82 Å². The summed E-state index contributed by atoms with van der Waals surface area (Å²) in [5.74, 6) is 3.56. The van der Waals surface area contributed by atoms with Crippen LogP contribution >= 0.6 is 0 Å². The van der Waals surface area contributed by atoms with E-state index in [9.17, 15) is 0 Å². The van der Waals surface area contributed by atoms with Gasteiger partial charge in [0.05, 0.1) is 0 Å². The molecule has 1 unspecified atom stereocenters. The minimum Gasteiger partial charge on any atom is -0.381 e. The van der Waals surface area contributed by atoms with Crippen molar-refractivity contribution in [3.8, 4) is 0 Å². The summed E-state index contributed by atoms with van der Waals surface area (Å²) in [5.41, 5.74) is 0. The molecule has 1 aromatic rings. The summed E-state index contributed by atoms with van der Waals surface area (Å²) < 4.78 is 13.9. The van der Waals surface area contributed by atoms with E-state index in [0.717, 1.165) is 69.9 Å². The smallest absolute Gasteiger partial charge is 0.227 e. The van der Waals surface area contributed by atoms with Crippen molar-refractivity contribution in [3.63, 3.8) is 0 Å². The van der Waals surface area contributed by atoms with E-state index >= 15 is 0 Å². The van der Waals surface area contributed by atoms with Crippen LogP contribution in [0.1, 0.15) is 63.3 Å². The number of rotatable bonds is 6. The molecule has 1 aliphatic carbocycles. The van der Waals surface area contributed by atoms with Gasteiger partial charge in [0.25, 0.3) is 0 Å². The van der Waals surface area contributed by atoms with Crippen LogP contribution in [0, 0.1) is 11.8 Å². The average molecular weight is 348 g/mol. The van der Waals surface area contributed by atoms with E-state index in [4.69, 9.17) is 9.47 Å². The lowest BCUT2D eigenvalue weighted by molar-refractivity contribution is 0.00566. The molecule has 1 aromatic heterocycles. The molecule has 1 saturated carbocycles. The molecule has 0 amide bonds. The Kier molecular flexibility index (Phi) is 5.56. The minimum atomic E-state index is 0.118. The van der Waals surface area contributed by atoms with Crippen LogP contribution in [0.15, 0.2) is 0 Å². The van der Waals surface area contributed by atoms with E-state index in [0.29, 0.717) is 5.92 Å². The predicted molar refractivity (Wildman–Crippen MR) is 96.7 cm³/mol. The highest BCUT2D eigenvalue weighted by Gasteiger charge is 2.28. The maximum absolute atomic E-state index is 6.03. The van der Waals surface area contributed by atoms with Gasteiger partial charge >= 0.3 is 0 Å². The number of hydrogen-bond donors (Lipinski definition) is 0. The Bertz CT molecular complexity index is 546. The Morgan fingerprint density at radius 2 is 1.80 bits per heavy atom. The average Bonchev–Trinajstić information content (AvgIpc) is 3.03. The number of hydrogen-bond acceptors (Lipinski definition) is 5. The zero-order valence-corrected chi connectivity index (χ0v) is 15.5. The summed E-state index contributed by atoms with van der Waals surface area (Å²) in [7, 11) is 2.17. The molecule has 3 heterocycles. The zero-order chi connectivity index (χ0) is 17.1. The minimum absolute atomic E-state index is 0.118. The maximum Gasteiger partial charge on any atom is 0.227 e. The molecule has 2 aliphatic heterocycles. The van der Waals surface area contributed by atoms with Gasteiger partial charge in [-0.3, -0.25) is 4.57 Å². The summed E-state index contributed by atoms with van der Waals surface area (Å²) in [6.45, 7) is 4.71. The molecule has 0 N–H and O–H groups in total. The largest absolute Gasteiger partial charge is 0.381 e. The Labute approximate surface area is 150 Å². The predicted octanol–water partition coefficient (Wildman–Crippen LogP) is 3.18. The third kappa shape index (κ3) is 4.00. The fourth-order valence-electron chi connectivity index (χ4n) is 4.28. The first-order valence-electron chi connectivity index (χ1n) is 10.1. The number of ether oxygens (including phenoxy) is 2. The first kappa shape index (κ1) is 17.3. The van der Waals surface area contributed by atoms with Crippen molar-refractivity contribution in [2.75, 3.05) is 38.3 Å². The lowest BCUT2D eigenvalue weighted by atomic mass is 9.85. The van der Waals surface area contributed by atoms with Gasteiger partial charge in [-0.2, -0.15) is 0 Å². The van der Waals surface area contributed by atoms with Gasteiger partial charge in [0.1, 0.15) is 6.10 Å². The standard InChI is InChI=1S/C19H32N4O2/c1-22(13-15-5-4-6-15)19-21-20-18(17-7-2-3-10-25-17)23(19)14-16-8-11-24-12-9-16/h15-17H,2-14H2,1H3. The molecule has 6 heteroatoms. The molecular formula is C19H32N4O2. The van der Waals surface area contributed by atoms with Crippen molar-refractivity contribution in [1.82, 2.24) is 14.8 Å². The van der Waals surface area contributed by atoms with Gasteiger partial charge in [-0.1, -0.05) is 6.42 Å². The Morgan fingerprint density at radius 3 is 2.48 bits per heavy atom. The van der Waals surface area contributed by atoms with Gasteiger partial charge in [-0.05, 0) is 56.8 Å². The van der Waals surface area contributed by atoms with Crippen LogP contribution in [0.5, 0.6) is 0 Å². The second-order valence-electron chi connectivity index (χ2n) is 8.06. The van der Waals surface area contributed by atoms with Gasteiger partial charge in [0.15, 0.2) is 5.82 Å². The first-order valence-corrected chi connectivity index (χ1v) is 10.1. The molecule has 2 saturated heterocycles. The molecule has 0 bridgehead atoms. The summed E-state index contributed by atoms with van der Waals surface area (Å²) in [4.78, 5) is 2.32. The Morgan fingerprint density at radius 1 is 0.960 bits per heavy atom. The first-order chi connectivity index (χ1) is 12.3. The quantitative estimate of drug-likeness (QED) is 0.790. The SMILES string of the molecule is CN(CC1CCC1)c1nnc(C2CCCCO2)n1CC1CCOCC1. The summed E-state index contributed by atoms with van der Waals surface area (Å²) in [6, 6.07) is 0. The van der Waals surface area contributed by atoms with Crippen molar-refractivity contribution in [2.24, 2.45) is 11.8 Å². The van der Waals surface area contributed by atoms with Crippen LogP contribution in [0.25, 0.3) is 0 Å². The third-order valence-electron chi connectivity index (χ3n) is 6.11. The van der Waals surface area contributed by atoms with Gasteiger partial charge in [-0.15, -0.1) is 10.2 Å². The second kappa shape index (κ2) is 8.04. The molecule has 3 fully saturated rings. The highest BCUT2D eigenvalue weighted by Crippen LogP contribution is 2.32. The zero-order valence-electron chi connectivity index (χ0n) is 15.5. The molecule has 140 valence electrons. The van der Waals surface area contributed by atoms with E-state index in [2.05, 4.69) is 26.7 Å². The highest BCUT2D eigenvalue weighted by atomic mass is 16.5. The van der Waals surface area contributed by atoms with Crippen LogP contribution in [0.3, 0.4) is 0 Å². The monoisotopic (exact) mass is 348 g/mol. The van der Waals surface area contributed by atoms with Crippen LogP contribution in [-0.4, -0.2) is 48.2 Å². The molecule has 0 radical (unpaired) electrons. The van der Waals surface area contributed by atoms with Crippen LogP contribution in [0.4, 0.5) is 5.95 Å². The summed E-state index contributed by atoms with van der Waals surface area (Å²) >= 11 is 0. The van der Waals surface area contributed by atoms with Crippen molar-refractivity contribution < 1.29 is 9.47 Å². The van der Waals surface area contributed by atoms with Crippen LogP contribution < -0.4 is 4.90 Å². The molecule has 25 heavy (non-hydrogen) atoms. The molecule has 1 atom stereocenters. The molecule has 4 rings (SSSR count). The van der Waals surface area contributed by atoms with Gasteiger partial charge in [-0.25, -0.2) is 0 Å². The highest BCUT2D eigenvalue weighted by molar-refractivity contribution is 5.30. The molecule has 6 nitrogen and oxygen atoms in total.